The van der Waals surface area contributed by atoms with Gasteiger partial charge in [0.2, 0.25) is 0 Å². The van der Waals surface area contributed by atoms with E-state index in [-0.39, 0.29) is 17.6 Å². The van der Waals surface area contributed by atoms with E-state index in [1.54, 1.807) is 18.3 Å². The Labute approximate surface area is 239 Å². The number of aromatic carboxylic acids is 1. The minimum absolute atomic E-state index is 0.202. The number of nitrogens with one attached hydrogen (secondary N) is 1. The standard InChI is InChI=1S/C32H32N4O3S/c1-20-19-26(21(2)35(20)28-13-6-5-11-25(28)31(37)38)30-29(27-12-7-8-18-33-27)34-32(40)36(30)22-14-16-24(17-15-22)39-23-9-3-4-10-23/h5-8,11-19,23,29-30H,3-4,9-10H2,1-2H3,(H,34,40)(H,37,38)/t29-,30-/m1/s1. The molecule has 2 aliphatic rings. The molecule has 2 aromatic heterocycles. The minimum Gasteiger partial charge on any atom is -0.490 e. The molecule has 3 heterocycles. The number of ether oxygens (including phenoxy) is 1. The van der Waals surface area contributed by atoms with Gasteiger partial charge in [-0.3, -0.25) is 4.98 Å². The van der Waals surface area contributed by atoms with Crippen LogP contribution in [0.5, 0.6) is 5.75 Å². The van der Waals surface area contributed by atoms with Crippen LogP contribution >= 0.6 is 12.2 Å². The summed E-state index contributed by atoms with van der Waals surface area (Å²) in [4.78, 5) is 18.9. The molecule has 2 fully saturated rings. The number of carboxylic acids is 1. The number of hydrogen-bond donors (Lipinski definition) is 2. The number of aryl methyl sites for hydroxylation is 1. The molecule has 1 saturated heterocycles. The summed E-state index contributed by atoms with van der Waals surface area (Å²) >= 11 is 5.93. The Morgan fingerprint density at radius 1 is 1.02 bits per heavy atom. The van der Waals surface area contributed by atoms with Gasteiger partial charge in [0, 0.05) is 23.3 Å². The number of para-hydroxylation sites is 1. The number of hydrogen-bond acceptors (Lipinski definition) is 4. The number of nitrogens with zero attached hydrogens (tertiary/aromatic N) is 3. The van der Waals surface area contributed by atoms with Crippen LogP contribution in [0.3, 0.4) is 0 Å². The number of thiocarbonyl (C=S) groups is 1. The number of carbonyl (C=O) groups is 1. The highest BCUT2D eigenvalue weighted by molar-refractivity contribution is 7.80. The Bertz CT molecular complexity index is 1540. The van der Waals surface area contributed by atoms with E-state index in [4.69, 9.17) is 17.0 Å². The Morgan fingerprint density at radius 3 is 2.45 bits per heavy atom. The van der Waals surface area contributed by atoms with Crippen LogP contribution in [0.2, 0.25) is 0 Å². The topological polar surface area (TPSA) is 79.6 Å². The number of anilines is 1. The highest BCUT2D eigenvalue weighted by Gasteiger charge is 2.42. The van der Waals surface area contributed by atoms with Gasteiger partial charge in [-0.15, -0.1) is 0 Å². The van der Waals surface area contributed by atoms with Gasteiger partial charge in [0.1, 0.15) is 5.75 Å². The van der Waals surface area contributed by atoms with Crippen LogP contribution in [0, 0.1) is 13.8 Å². The van der Waals surface area contributed by atoms with Gasteiger partial charge < -0.3 is 24.6 Å². The quantitative estimate of drug-likeness (QED) is 0.247. The van der Waals surface area contributed by atoms with Crippen molar-refractivity contribution in [3.05, 3.63) is 107 Å². The van der Waals surface area contributed by atoms with Crippen molar-refractivity contribution < 1.29 is 14.6 Å². The first-order valence-electron chi connectivity index (χ1n) is 13.7. The first kappa shape index (κ1) is 26.1. The molecule has 0 spiro atoms. The molecule has 7 nitrogen and oxygen atoms in total. The van der Waals surface area contributed by atoms with Gasteiger partial charge in [-0.2, -0.15) is 0 Å². The lowest BCUT2D eigenvalue weighted by atomic mass is 9.96. The van der Waals surface area contributed by atoms with Crippen LogP contribution in [0.15, 0.2) is 79.0 Å². The summed E-state index contributed by atoms with van der Waals surface area (Å²) in [5.41, 5.74) is 5.68. The molecule has 0 amide bonds. The summed E-state index contributed by atoms with van der Waals surface area (Å²) in [6.07, 6.45) is 6.75. The van der Waals surface area contributed by atoms with Crippen molar-refractivity contribution in [3.63, 3.8) is 0 Å². The second kappa shape index (κ2) is 10.8. The van der Waals surface area contributed by atoms with Crippen molar-refractivity contribution in [2.75, 3.05) is 4.90 Å². The molecule has 1 saturated carbocycles. The average Bonchev–Trinajstić information content (AvgIpc) is 3.67. The maximum atomic E-state index is 12.1. The first-order chi connectivity index (χ1) is 19.4. The lowest BCUT2D eigenvalue weighted by Gasteiger charge is -2.28. The largest absolute Gasteiger partial charge is 0.490 e. The zero-order valence-corrected chi connectivity index (χ0v) is 23.4. The van der Waals surface area contributed by atoms with E-state index in [1.165, 1.54) is 12.8 Å². The first-order valence-corrected chi connectivity index (χ1v) is 14.1. The summed E-state index contributed by atoms with van der Waals surface area (Å²) in [5.74, 6) is -0.0868. The fourth-order valence-electron chi connectivity index (χ4n) is 6.14. The molecule has 2 aromatic carbocycles. The molecule has 2 N–H and O–H groups in total. The van der Waals surface area contributed by atoms with Gasteiger partial charge >= 0.3 is 5.97 Å². The SMILES string of the molecule is Cc1cc([C@@H]2[C@@H](c3ccccn3)NC(=S)N2c2ccc(OC3CCCC3)cc2)c(C)n1-c1ccccc1C(=O)O. The Hall–Kier alpha value is -4.17. The lowest BCUT2D eigenvalue weighted by Crippen LogP contribution is -2.29. The summed E-state index contributed by atoms with van der Waals surface area (Å²) < 4.78 is 8.23. The number of benzene rings is 2. The predicted molar refractivity (Wildman–Crippen MR) is 159 cm³/mol. The maximum absolute atomic E-state index is 12.1. The smallest absolute Gasteiger partial charge is 0.337 e. The van der Waals surface area contributed by atoms with Crippen LogP contribution < -0.4 is 15.0 Å². The van der Waals surface area contributed by atoms with Gasteiger partial charge in [0.15, 0.2) is 5.11 Å². The van der Waals surface area contributed by atoms with Crippen molar-refractivity contribution in [2.24, 2.45) is 0 Å². The van der Waals surface area contributed by atoms with Gasteiger partial charge in [0.05, 0.1) is 35.1 Å². The molecule has 4 aromatic rings. The van der Waals surface area contributed by atoms with E-state index in [0.717, 1.165) is 46.9 Å². The third-order valence-electron chi connectivity index (χ3n) is 7.98. The number of aromatic nitrogens is 2. The summed E-state index contributed by atoms with van der Waals surface area (Å²) in [7, 11) is 0. The number of carboxylic acid groups (broad SMARTS) is 1. The van der Waals surface area contributed by atoms with Crippen LogP contribution in [-0.4, -0.2) is 31.8 Å². The van der Waals surface area contributed by atoms with E-state index in [1.807, 2.05) is 60.9 Å². The second-order valence-electron chi connectivity index (χ2n) is 10.5. The third kappa shape index (κ3) is 4.73. The summed E-state index contributed by atoms with van der Waals surface area (Å²) in [5, 5.41) is 14.0. The fraction of sp³-hybridized carbons (Fsp3) is 0.281. The molecule has 6 rings (SSSR count). The van der Waals surface area contributed by atoms with Crippen molar-refractivity contribution in [1.82, 2.24) is 14.9 Å². The molecule has 204 valence electrons. The number of rotatable bonds is 7. The molecule has 1 aliphatic heterocycles. The minimum atomic E-state index is -0.957. The van der Waals surface area contributed by atoms with Gasteiger partial charge in [-0.05, 0) is 112 Å². The zero-order chi connectivity index (χ0) is 27.8. The molecule has 2 atom stereocenters. The van der Waals surface area contributed by atoms with Crippen molar-refractivity contribution in [2.45, 2.75) is 57.7 Å². The fourth-order valence-corrected chi connectivity index (χ4v) is 6.49. The molecule has 0 bridgehead atoms. The summed E-state index contributed by atoms with van der Waals surface area (Å²) in [6, 6.07) is 22.9. The van der Waals surface area contributed by atoms with Crippen LogP contribution in [0.25, 0.3) is 5.69 Å². The van der Waals surface area contributed by atoms with E-state index in [0.29, 0.717) is 16.9 Å². The van der Waals surface area contributed by atoms with Crippen LogP contribution in [0.4, 0.5) is 5.69 Å². The number of pyridine rings is 1. The second-order valence-corrected chi connectivity index (χ2v) is 10.9. The third-order valence-corrected chi connectivity index (χ3v) is 8.30. The molecule has 0 unspecified atom stereocenters. The van der Waals surface area contributed by atoms with E-state index < -0.39 is 5.97 Å². The molecule has 0 radical (unpaired) electrons. The Kier molecular flexibility index (Phi) is 7.02. The normalized spacial score (nSPS) is 19.1. The summed E-state index contributed by atoms with van der Waals surface area (Å²) in [6.45, 7) is 4.04. The molecule has 8 heteroatoms. The van der Waals surface area contributed by atoms with Crippen molar-refractivity contribution in [3.8, 4) is 11.4 Å². The Balaban J connectivity index is 1.43. The van der Waals surface area contributed by atoms with E-state index in [9.17, 15) is 9.90 Å². The van der Waals surface area contributed by atoms with Crippen LogP contribution in [0.1, 0.15) is 70.8 Å². The van der Waals surface area contributed by atoms with Gasteiger partial charge in [-0.25, -0.2) is 4.79 Å². The average molecular weight is 553 g/mol. The van der Waals surface area contributed by atoms with Gasteiger partial charge in [-0.1, -0.05) is 18.2 Å². The highest BCUT2D eigenvalue weighted by atomic mass is 32.1. The predicted octanol–water partition coefficient (Wildman–Crippen LogP) is 6.69. The van der Waals surface area contributed by atoms with Crippen molar-refractivity contribution in [1.29, 1.82) is 0 Å². The maximum Gasteiger partial charge on any atom is 0.337 e. The van der Waals surface area contributed by atoms with E-state index >= 15 is 0 Å². The lowest BCUT2D eigenvalue weighted by molar-refractivity contribution is 0.0697. The highest BCUT2D eigenvalue weighted by Crippen LogP contribution is 2.44. The molecular weight excluding hydrogens is 520 g/mol. The van der Waals surface area contributed by atoms with Crippen LogP contribution in [-0.2, 0) is 0 Å². The monoisotopic (exact) mass is 552 g/mol. The van der Waals surface area contributed by atoms with E-state index in [2.05, 4.69) is 33.4 Å². The molecular formula is C32H32N4O3S. The Morgan fingerprint density at radius 2 is 1.75 bits per heavy atom. The van der Waals surface area contributed by atoms with Gasteiger partial charge in [0.25, 0.3) is 0 Å². The molecule has 40 heavy (non-hydrogen) atoms. The van der Waals surface area contributed by atoms with Crippen molar-refractivity contribution >= 4 is 29.0 Å². The molecule has 1 aliphatic carbocycles. The zero-order valence-electron chi connectivity index (χ0n) is 22.6.